The van der Waals surface area contributed by atoms with Crippen molar-refractivity contribution >= 4 is 31.6 Å². The van der Waals surface area contributed by atoms with Gasteiger partial charge in [0.05, 0.1) is 5.75 Å². The Bertz CT molecular complexity index is 714. The van der Waals surface area contributed by atoms with Crippen LogP contribution in [0.3, 0.4) is 0 Å². The first-order chi connectivity index (χ1) is 9.87. The van der Waals surface area contributed by atoms with E-state index in [0.29, 0.717) is 5.69 Å². The number of rotatable bonds is 5. The average Bonchev–Trinajstić information content (AvgIpc) is 2.43. The second kappa shape index (κ2) is 6.62. The molecule has 112 valence electrons. The molecule has 0 amide bonds. The van der Waals surface area contributed by atoms with Crippen molar-refractivity contribution in [1.82, 2.24) is 0 Å². The van der Waals surface area contributed by atoms with Crippen LogP contribution in [0.4, 0.5) is 5.69 Å². The van der Waals surface area contributed by atoms with Crippen LogP contribution in [0.25, 0.3) is 0 Å². The molecular weight excluding hydrogens is 350 g/mol. The van der Waals surface area contributed by atoms with Gasteiger partial charge in [0.25, 0.3) is 0 Å². The summed E-state index contributed by atoms with van der Waals surface area (Å²) in [4.78, 5) is 0. The minimum absolute atomic E-state index is 0.0553. The smallest absolute Gasteiger partial charge is 0.233 e. The molecule has 0 fully saturated rings. The van der Waals surface area contributed by atoms with E-state index in [9.17, 15) is 8.42 Å². The Morgan fingerprint density at radius 3 is 2.43 bits per heavy atom. The summed E-state index contributed by atoms with van der Waals surface area (Å²) in [6, 6.07) is 15.1. The fraction of sp³-hybridized carbons (Fsp3) is 0.250. The van der Waals surface area contributed by atoms with Crippen LogP contribution in [-0.2, 0) is 10.0 Å². The fourth-order valence-electron chi connectivity index (χ4n) is 2.14. The molecule has 0 aliphatic heterocycles. The molecule has 21 heavy (non-hydrogen) atoms. The largest absolute Gasteiger partial charge is 0.284 e. The highest BCUT2D eigenvalue weighted by Gasteiger charge is 2.17. The van der Waals surface area contributed by atoms with E-state index in [1.807, 2.05) is 56.3 Å². The van der Waals surface area contributed by atoms with Gasteiger partial charge in [-0.2, -0.15) is 0 Å². The minimum atomic E-state index is -3.38. The summed E-state index contributed by atoms with van der Waals surface area (Å²) in [5.74, 6) is 0.00630. The van der Waals surface area contributed by atoms with E-state index in [1.165, 1.54) is 0 Å². The zero-order valence-electron chi connectivity index (χ0n) is 12.0. The lowest BCUT2D eigenvalue weighted by Crippen LogP contribution is -2.20. The van der Waals surface area contributed by atoms with Crippen molar-refractivity contribution in [1.29, 1.82) is 0 Å². The predicted molar refractivity (Wildman–Crippen MR) is 91.1 cm³/mol. The Balaban J connectivity index is 2.10. The molecule has 2 aromatic carbocycles. The molecule has 2 aromatic rings. The van der Waals surface area contributed by atoms with Crippen molar-refractivity contribution < 1.29 is 8.42 Å². The van der Waals surface area contributed by atoms with Gasteiger partial charge in [-0.05, 0) is 42.2 Å². The van der Waals surface area contributed by atoms with Crippen LogP contribution in [0, 0.1) is 6.92 Å². The average molecular weight is 368 g/mol. The van der Waals surface area contributed by atoms with Gasteiger partial charge in [0, 0.05) is 10.2 Å². The van der Waals surface area contributed by atoms with Crippen LogP contribution in [0.15, 0.2) is 53.0 Å². The number of aryl methyl sites for hydroxylation is 1. The molecule has 1 N–H and O–H groups in total. The van der Waals surface area contributed by atoms with Crippen molar-refractivity contribution in [2.24, 2.45) is 0 Å². The molecule has 0 aliphatic carbocycles. The van der Waals surface area contributed by atoms with Gasteiger partial charge in [-0.15, -0.1) is 0 Å². The third-order valence-corrected chi connectivity index (χ3v) is 5.64. The summed E-state index contributed by atoms with van der Waals surface area (Å²) < 4.78 is 28.1. The SMILES string of the molecule is Cc1cc(NS(=O)(=O)CC(C)c2ccccc2)ccc1Br. The van der Waals surface area contributed by atoms with E-state index >= 15 is 0 Å². The molecule has 0 aromatic heterocycles. The highest BCUT2D eigenvalue weighted by Crippen LogP contribution is 2.22. The molecule has 5 heteroatoms. The number of hydrogen-bond acceptors (Lipinski definition) is 2. The van der Waals surface area contributed by atoms with E-state index in [4.69, 9.17) is 0 Å². The Kier molecular flexibility index (Phi) is 5.06. The molecule has 0 spiro atoms. The quantitative estimate of drug-likeness (QED) is 0.855. The highest BCUT2D eigenvalue weighted by molar-refractivity contribution is 9.10. The van der Waals surface area contributed by atoms with E-state index < -0.39 is 10.0 Å². The zero-order chi connectivity index (χ0) is 15.5. The first kappa shape index (κ1) is 16.0. The first-order valence-corrected chi connectivity index (χ1v) is 9.13. The molecule has 2 rings (SSSR count). The van der Waals surface area contributed by atoms with Crippen molar-refractivity contribution in [2.75, 3.05) is 10.5 Å². The Morgan fingerprint density at radius 2 is 1.81 bits per heavy atom. The maximum atomic E-state index is 12.3. The van der Waals surface area contributed by atoms with Crippen molar-refractivity contribution in [2.45, 2.75) is 19.8 Å². The number of halogens is 1. The highest BCUT2D eigenvalue weighted by atomic mass is 79.9. The molecular formula is C16H18BrNO2S. The molecule has 1 atom stereocenters. The van der Waals surface area contributed by atoms with Crippen LogP contribution >= 0.6 is 15.9 Å². The summed E-state index contributed by atoms with van der Waals surface area (Å²) in [6.07, 6.45) is 0. The van der Waals surface area contributed by atoms with Gasteiger partial charge in [-0.1, -0.05) is 53.2 Å². The number of nitrogens with one attached hydrogen (secondary N) is 1. The van der Waals surface area contributed by atoms with Gasteiger partial charge in [0.2, 0.25) is 10.0 Å². The second-order valence-electron chi connectivity index (χ2n) is 5.16. The normalized spacial score (nSPS) is 12.9. The standard InChI is InChI=1S/C16H18BrNO2S/c1-12-10-15(8-9-16(12)17)18-21(19,20)11-13(2)14-6-4-3-5-7-14/h3-10,13,18H,11H2,1-2H3. The lowest BCUT2D eigenvalue weighted by molar-refractivity contribution is 0.595. The molecule has 3 nitrogen and oxygen atoms in total. The topological polar surface area (TPSA) is 46.2 Å². The van der Waals surface area contributed by atoms with Gasteiger partial charge in [0.15, 0.2) is 0 Å². The Labute approximate surface area is 134 Å². The van der Waals surface area contributed by atoms with Crippen LogP contribution < -0.4 is 4.72 Å². The van der Waals surface area contributed by atoms with Gasteiger partial charge < -0.3 is 0 Å². The van der Waals surface area contributed by atoms with Gasteiger partial charge in [-0.25, -0.2) is 8.42 Å². The number of anilines is 1. The monoisotopic (exact) mass is 367 g/mol. The van der Waals surface area contributed by atoms with Crippen molar-refractivity contribution in [3.05, 3.63) is 64.1 Å². The number of hydrogen-bond donors (Lipinski definition) is 1. The van der Waals surface area contributed by atoms with Gasteiger partial charge in [0.1, 0.15) is 0 Å². The third-order valence-electron chi connectivity index (χ3n) is 3.27. The van der Waals surface area contributed by atoms with Crippen LogP contribution in [0.5, 0.6) is 0 Å². The molecule has 0 bridgehead atoms. The van der Waals surface area contributed by atoms with E-state index in [-0.39, 0.29) is 11.7 Å². The summed E-state index contributed by atoms with van der Waals surface area (Å²) in [6.45, 7) is 3.84. The van der Waals surface area contributed by atoms with Crippen molar-refractivity contribution in [3.8, 4) is 0 Å². The van der Waals surface area contributed by atoms with Crippen LogP contribution in [0.1, 0.15) is 24.0 Å². The zero-order valence-corrected chi connectivity index (χ0v) is 14.4. The van der Waals surface area contributed by atoms with E-state index in [2.05, 4.69) is 20.7 Å². The summed E-state index contributed by atoms with van der Waals surface area (Å²) in [7, 11) is -3.38. The third kappa shape index (κ3) is 4.58. The van der Waals surface area contributed by atoms with E-state index in [1.54, 1.807) is 6.07 Å². The first-order valence-electron chi connectivity index (χ1n) is 6.69. The molecule has 0 heterocycles. The summed E-state index contributed by atoms with van der Waals surface area (Å²) in [5.41, 5.74) is 2.61. The number of sulfonamides is 1. The van der Waals surface area contributed by atoms with Gasteiger partial charge >= 0.3 is 0 Å². The number of benzene rings is 2. The van der Waals surface area contributed by atoms with Gasteiger partial charge in [-0.3, -0.25) is 4.72 Å². The maximum absolute atomic E-state index is 12.3. The maximum Gasteiger partial charge on any atom is 0.233 e. The van der Waals surface area contributed by atoms with Crippen LogP contribution in [0.2, 0.25) is 0 Å². The van der Waals surface area contributed by atoms with Crippen molar-refractivity contribution in [3.63, 3.8) is 0 Å². The summed E-state index contributed by atoms with van der Waals surface area (Å²) >= 11 is 3.40. The van der Waals surface area contributed by atoms with E-state index in [0.717, 1.165) is 15.6 Å². The lowest BCUT2D eigenvalue weighted by Gasteiger charge is -2.14. The molecule has 0 saturated carbocycles. The predicted octanol–water partition coefficient (Wildman–Crippen LogP) is 4.30. The lowest BCUT2D eigenvalue weighted by atomic mass is 10.0. The summed E-state index contributed by atoms with van der Waals surface area (Å²) in [5, 5.41) is 0. The fourth-order valence-corrected chi connectivity index (χ4v) is 3.80. The Morgan fingerprint density at radius 1 is 1.14 bits per heavy atom. The molecule has 1 unspecified atom stereocenters. The minimum Gasteiger partial charge on any atom is -0.284 e. The Hall–Kier alpha value is -1.33. The second-order valence-corrected chi connectivity index (χ2v) is 7.78. The van der Waals surface area contributed by atoms with Crippen LogP contribution in [-0.4, -0.2) is 14.2 Å². The molecule has 0 aliphatic rings. The molecule has 0 radical (unpaired) electrons. The molecule has 0 saturated heterocycles.